The lowest BCUT2D eigenvalue weighted by molar-refractivity contribution is -0.143. The van der Waals surface area contributed by atoms with Crippen LogP contribution in [-0.4, -0.2) is 16.2 Å². The van der Waals surface area contributed by atoms with Gasteiger partial charge in [0, 0.05) is 17.2 Å². The number of aromatic hydroxyl groups is 2. The summed E-state index contributed by atoms with van der Waals surface area (Å²) in [6.07, 6.45) is -0.593. The molecule has 4 heteroatoms. The lowest BCUT2D eigenvalue weighted by Gasteiger charge is -2.14. The lowest BCUT2D eigenvalue weighted by Crippen LogP contribution is -2.09. The fraction of sp³-hybridized carbons (Fsp3) is 0.250. The minimum atomic E-state index is -0.593. The molecule has 1 atom stereocenters. The van der Waals surface area contributed by atoms with Crippen LogP contribution in [0.2, 0.25) is 0 Å². The predicted octanol–water partition coefficient (Wildman–Crippen LogP) is 2.28. The van der Waals surface area contributed by atoms with Crippen LogP contribution in [0.3, 0.4) is 0 Å². The molecule has 16 heavy (non-hydrogen) atoms. The summed E-state index contributed by atoms with van der Waals surface area (Å²) in [4.78, 5) is 11.3. The summed E-state index contributed by atoms with van der Waals surface area (Å²) in [7, 11) is 0. The highest BCUT2D eigenvalue weighted by Gasteiger charge is 2.15. The summed E-state index contributed by atoms with van der Waals surface area (Å²) in [5, 5.41) is 18.6. The van der Waals surface area contributed by atoms with E-state index < -0.39 is 12.1 Å². The highest BCUT2D eigenvalue weighted by Crippen LogP contribution is 2.29. The molecule has 0 amide bonds. The lowest BCUT2D eigenvalue weighted by atomic mass is 10.1. The normalized spacial score (nSPS) is 11.9. The number of ether oxygens (including phenoxy) is 1. The highest BCUT2D eigenvalue weighted by atomic mass is 16.5. The third-order valence-electron chi connectivity index (χ3n) is 2.08. The first kappa shape index (κ1) is 12.1. The van der Waals surface area contributed by atoms with E-state index in [4.69, 9.17) is 9.84 Å². The van der Waals surface area contributed by atoms with Gasteiger partial charge in [-0.2, -0.15) is 0 Å². The smallest absolute Gasteiger partial charge is 0.333 e. The molecule has 0 aliphatic heterocycles. The van der Waals surface area contributed by atoms with Crippen LogP contribution in [0.1, 0.15) is 25.5 Å². The number of hydrogen-bond acceptors (Lipinski definition) is 4. The second-order valence-corrected chi connectivity index (χ2v) is 3.57. The van der Waals surface area contributed by atoms with Gasteiger partial charge in [0.15, 0.2) is 0 Å². The van der Waals surface area contributed by atoms with Crippen molar-refractivity contribution in [3.63, 3.8) is 0 Å². The average Bonchev–Trinajstić information content (AvgIpc) is 2.16. The summed E-state index contributed by atoms with van der Waals surface area (Å²) in [5.74, 6) is -0.665. The van der Waals surface area contributed by atoms with E-state index in [1.807, 2.05) is 0 Å². The van der Waals surface area contributed by atoms with E-state index in [0.29, 0.717) is 11.1 Å². The maximum Gasteiger partial charge on any atom is 0.333 e. The second kappa shape index (κ2) is 4.70. The Labute approximate surface area is 93.8 Å². The van der Waals surface area contributed by atoms with Gasteiger partial charge in [-0.05, 0) is 26.0 Å². The highest BCUT2D eigenvalue weighted by molar-refractivity contribution is 5.87. The molecule has 86 valence electrons. The Kier molecular flexibility index (Phi) is 3.55. The number of benzene rings is 1. The van der Waals surface area contributed by atoms with Gasteiger partial charge in [0.2, 0.25) is 0 Å². The van der Waals surface area contributed by atoms with Crippen LogP contribution >= 0.6 is 0 Å². The van der Waals surface area contributed by atoms with Crippen LogP contribution in [0.25, 0.3) is 0 Å². The van der Waals surface area contributed by atoms with Crippen molar-refractivity contribution in [2.45, 2.75) is 20.0 Å². The van der Waals surface area contributed by atoms with Gasteiger partial charge in [0.05, 0.1) is 0 Å². The molecule has 1 aromatic rings. The van der Waals surface area contributed by atoms with Crippen LogP contribution in [0, 0.1) is 0 Å². The number of rotatable bonds is 3. The van der Waals surface area contributed by atoms with Crippen molar-refractivity contribution >= 4 is 5.97 Å². The number of esters is 1. The molecule has 0 spiro atoms. The molecule has 1 rings (SSSR count). The quantitative estimate of drug-likeness (QED) is 0.608. The molecule has 0 saturated carbocycles. The SMILES string of the molecule is C=C(C)C(=O)OC(C)c1ccc(O)cc1O. The zero-order chi connectivity index (χ0) is 12.3. The van der Waals surface area contributed by atoms with Gasteiger partial charge in [-0.3, -0.25) is 0 Å². The van der Waals surface area contributed by atoms with E-state index in [-0.39, 0.29) is 11.5 Å². The van der Waals surface area contributed by atoms with Crippen LogP contribution in [0.15, 0.2) is 30.4 Å². The molecule has 0 radical (unpaired) electrons. The molecule has 4 nitrogen and oxygen atoms in total. The monoisotopic (exact) mass is 222 g/mol. The maximum absolute atomic E-state index is 11.3. The number of carbonyl (C=O) groups is 1. The summed E-state index contributed by atoms with van der Waals surface area (Å²) in [6.45, 7) is 6.64. The van der Waals surface area contributed by atoms with Gasteiger partial charge in [0.1, 0.15) is 17.6 Å². The Balaban J connectivity index is 2.84. The topological polar surface area (TPSA) is 66.8 Å². The first-order chi connectivity index (χ1) is 7.41. The van der Waals surface area contributed by atoms with Gasteiger partial charge in [-0.15, -0.1) is 0 Å². The van der Waals surface area contributed by atoms with Gasteiger partial charge in [-0.1, -0.05) is 6.58 Å². The molecular formula is C12H14O4. The average molecular weight is 222 g/mol. The fourth-order valence-electron chi connectivity index (χ4n) is 1.20. The molecule has 1 unspecified atom stereocenters. The van der Waals surface area contributed by atoms with Crippen molar-refractivity contribution in [3.8, 4) is 11.5 Å². The zero-order valence-electron chi connectivity index (χ0n) is 9.23. The van der Waals surface area contributed by atoms with E-state index in [0.717, 1.165) is 0 Å². The van der Waals surface area contributed by atoms with Crippen molar-refractivity contribution < 1.29 is 19.7 Å². The van der Waals surface area contributed by atoms with Crippen LogP contribution in [0.5, 0.6) is 11.5 Å². The van der Waals surface area contributed by atoms with Crippen molar-refractivity contribution in [3.05, 3.63) is 35.9 Å². The van der Waals surface area contributed by atoms with Gasteiger partial charge in [-0.25, -0.2) is 4.79 Å². The molecule has 1 aromatic carbocycles. The van der Waals surface area contributed by atoms with E-state index in [1.165, 1.54) is 18.2 Å². The van der Waals surface area contributed by atoms with E-state index in [9.17, 15) is 9.90 Å². The summed E-state index contributed by atoms with van der Waals surface area (Å²) < 4.78 is 5.04. The largest absolute Gasteiger partial charge is 0.508 e. The standard InChI is InChI=1S/C12H14O4/c1-7(2)12(15)16-8(3)10-5-4-9(13)6-11(10)14/h4-6,8,13-14H,1H2,2-3H3. The Morgan fingerprint density at radius 1 is 1.44 bits per heavy atom. The Hall–Kier alpha value is -1.97. The number of carbonyl (C=O) groups excluding carboxylic acids is 1. The number of phenolic OH excluding ortho intramolecular Hbond substituents is 2. The first-order valence-corrected chi connectivity index (χ1v) is 4.80. The zero-order valence-corrected chi connectivity index (χ0v) is 9.23. The van der Waals surface area contributed by atoms with Crippen LogP contribution in [-0.2, 0) is 9.53 Å². The molecule has 0 heterocycles. The van der Waals surface area contributed by atoms with E-state index >= 15 is 0 Å². The third kappa shape index (κ3) is 2.76. The first-order valence-electron chi connectivity index (χ1n) is 4.80. The second-order valence-electron chi connectivity index (χ2n) is 3.57. The maximum atomic E-state index is 11.3. The van der Waals surface area contributed by atoms with Crippen LogP contribution in [0.4, 0.5) is 0 Å². The Morgan fingerprint density at radius 3 is 2.56 bits per heavy atom. The molecular weight excluding hydrogens is 208 g/mol. The number of hydrogen-bond donors (Lipinski definition) is 2. The van der Waals surface area contributed by atoms with Gasteiger partial charge < -0.3 is 14.9 Å². The summed E-state index contributed by atoms with van der Waals surface area (Å²) in [5.41, 5.74) is 0.734. The van der Waals surface area contributed by atoms with Gasteiger partial charge >= 0.3 is 5.97 Å². The molecule has 0 aliphatic carbocycles. The van der Waals surface area contributed by atoms with Gasteiger partial charge in [0.25, 0.3) is 0 Å². The van der Waals surface area contributed by atoms with E-state index in [2.05, 4.69) is 6.58 Å². The molecule has 0 aliphatic rings. The van der Waals surface area contributed by atoms with E-state index in [1.54, 1.807) is 13.8 Å². The molecule has 0 fully saturated rings. The van der Waals surface area contributed by atoms with Crippen molar-refractivity contribution in [2.24, 2.45) is 0 Å². The van der Waals surface area contributed by atoms with Crippen molar-refractivity contribution in [2.75, 3.05) is 0 Å². The Bertz CT molecular complexity index is 423. The van der Waals surface area contributed by atoms with Crippen LogP contribution < -0.4 is 0 Å². The predicted molar refractivity (Wildman–Crippen MR) is 59.1 cm³/mol. The number of phenols is 2. The molecule has 0 aromatic heterocycles. The minimum absolute atomic E-state index is 0.0420. The minimum Gasteiger partial charge on any atom is -0.508 e. The summed E-state index contributed by atoms with van der Waals surface area (Å²) in [6, 6.07) is 4.11. The third-order valence-corrected chi connectivity index (χ3v) is 2.08. The Morgan fingerprint density at radius 2 is 2.06 bits per heavy atom. The molecule has 0 bridgehead atoms. The molecule has 2 N–H and O–H groups in total. The summed E-state index contributed by atoms with van der Waals surface area (Å²) >= 11 is 0. The fourth-order valence-corrected chi connectivity index (χ4v) is 1.20. The van der Waals surface area contributed by atoms with Crippen molar-refractivity contribution in [1.82, 2.24) is 0 Å². The van der Waals surface area contributed by atoms with Crippen molar-refractivity contribution in [1.29, 1.82) is 0 Å². The molecule has 0 saturated heterocycles.